The van der Waals surface area contributed by atoms with Crippen molar-refractivity contribution in [3.8, 4) is 0 Å². The number of thiazole rings is 1. The molecule has 0 radical (unpaired) electrons. The summed E-state index contributed by atoms with van der Waals surface area (Å²) in [6.45, 7) is 1.98. The molecular weight excluding hydrogens is 312 g/mol. The van der Waals surface area contributed by atoms with Crippen LogP contribution in [-0.2, 0) is 7.05 Å². The summed E-state index contributed by atoms with van der Waals surface area (Å²) in [6, 6.07) is 6.12. The summed E-state index contributed by atoms with van der Waals surface area (Å²) >= 11 is 5.09. The van der Waals surface area contributed by atoms with Gasteiger partial charge in [-0.3, -0.25) is 4.68 Å². The normalized spacial score (nSPS) is 11.1. The first-order chi connectivity index (χ1) is 8.61. The number of aryl methyl sites for hydroxylation is 2. The molecule has 0 spiro atoms. The van der Waals surface area contributed by atoms with Gasteiger partial charge in [0, 0.05) is 17.7 Å². The highest BCUT2D eigenvalue weighted by molar-refractivity contribution is 9.10. The van der Waals surface area contributed by atoms with E-state index in [0.29, 0.717) is 0 Å². The molecule has 0 fully saturated rings. The lowest BCUT2D eigenvalue weighted by atomic mass is 10.3. The molecule has 0 aliphatic heterocycles. The molecule has 0 atom stereocenters. The zero-order chi connectivity index (χ0) is 12.7. The fraction of sp³-hybridized carbons (Fsp3) is 0.167. The number of rotatable bonds is 2. The van der Waals surface area contributed by atoms with Gasteiger partial charge < -0.3 is 5.32 Å². The summed E-state index contributed by atoms with van der Waals surface area (Å²) in [5, 5.41) is 8.50. The van der Waals surface area contributed by atoms with Crippen LogP contribution in [0.4, 0.5) is 10.8 Å². The van der Waals surface area contributed by atoms with Gasteiger partial charge in [0.25, 0.3) is 0 Å². The number of fused-ring (bicyclic) bond motifs is 1. The van der Waals surface area contributed by atoms with Gasteiger partial charge in [-0.1, -0.05) is 27.3 Å². The third-order valence-electron chi connectivity index (χ3n) is 2.60. The summed E-state index contributed by atoms with van der Waals surface area (Å²) in [7, 11) is 1.91. The second-order valence-electron chi connectivity index (χ2n) is 4.06. The predicted octanol–water partition coefficient (Wildman–Crippen LogP) is 3.84. The average Bonchev–Trinajstić information content (AvgIpc) is 2.82. The van der Waals surface area contributed by atoms with Gasteiger partial charge in [0.1, 0.15) is 0 Å². The van der Waals surface area contributed by atoms with Gasteiger partial charge in [0.05, 0.1) is 21.6 Å². The number of hydrogen-bond acceptors (Lipinski definition) is 4. The molecule has 1 aromatic carbocycles. The minimum Gasteiger partial charge on any atom is -0.329 e. The summed E-state index contributed by atoms with van der Waals surface area (Å²) in [6.07, 6.45) is 1.96. The Kier molecular flexibility index (Phi) is 2.83. The number of halogens is 1. The maximum atomic E-state index is 4.56. The first-order valence-electron chi connectivity index (χ1n) is 5.45. The number of aromatic nitrogens is 3. The van der Waals surface area contributed by atoms with Crippen LogP contribution in [0.15, 0.2) is 28.9 Å². The molecule has 0 aliphatic carbocycles. The van der Waals surface area contributed by atoms with Crippen molar-refractivity contribution in [1.82, 2.24) is 14.8 Å². The van der Waals surface area contributed by atoms with Crippen molar-refractivity contribution in [2.45, 2.75) is 6.92 Å². The molecule has 0 aliphatic rings. The smallest absolute Gasteiger partial charge is 0.188 e. The fourth-order valence-electron chi connectivity index (χ4n) is 1.79. The molecule has 1 N–H and O–H groups in total. The van der Waals surface area contributed by atoms with Gasteiger partial charge in [0.15, 0.2) is 5.13 Å². The molecule has 0 unspecified atom stereocenters. The quantitative estimate of drug-likeness (QED) is 0.779. The SMILES string of the molecule is Cc1nn(C)cc1Nc1nc2cc(Br)ccc2s1. The maximum absolute atomic E-state index is 4.56. The average molecular weight is 323 g/mol. The Labute approximate surface area is 117 Å². The van der Waals surface area contributed by atoms with Crippen LogP contribution in [0.2, 0.25) is 0 Å². The van der Waals surface area contributed by atoms with Crippen LogP contribution < -0.4 is 5.32 Å². The summed E-state index contributed by atoms with van der Waals surface area (Å²) in [5.41, 5.74) is 2.96. The Morgan fingerprint density at radius 2 is 2.22 bits per heavy atom. The predicted molar refractivity (Wildman–Crippen MR) is 78.5 cm³/mol. The van der Waals surface area contributed by atoms with Crippen molar-refractivity contribution in [3.63, 3.8) is 0 Å². The van der Waals surface area contributed by atoms with E-state index in [2.05, 4.69) is 37.4 Å². The topological polar surface area (TPSA) is 42.7 Å². The van der Waals surface area contributed by atoms with Gasteiger partial charge in [-0.05, 0) is 25.1 Å². The van der Waals surface area contributed by atoms with Crippen LogP contribution in [0, 0.1) is 6.92 Å². The van der Waals surface area contributed by atoms with Crippen molar-refractivity contribution >= 4 is 48.3 Å². The number of hydrogen-bond donors (Lipinski definition) is 1. The number of nitrogens with one attached hydrogen (secondary N) is 1. The zero-order valence-electron chi connectivity index (χ0n) is 9.94. The summed E-state index contributed by atoms with van der Waals surface area (Å²) in [4.78, 5) is 4.56. The number of benzene rings is 1. The monoisotopic (exact) mass is 322 g/mol. The molecule has 0 bridgehead atoms. The van der Waals surface area contributed by atoms with Crippen molar-refractivity contribution in [2.75, 3.05) is 5.32 Å². The van der Waals surface area contributed by atoms with Crippen molar-refractivity contribution < 1.29 is 0 Å². The molecule has 0 saturated heterocycles. The van der Waals surface area contributed by atoms with Gasteiger partial charge in [-0.15, -0.1) is 0 Å². The maximum Gasteiger partial charge on any atom is 0.188 e. The molecule has 0 saturated carbocycles. The molecule has 6 heteroatoms. The first kappa shape index (κ1) is 11.7. The third-order valence-corrected chi connectivity index (χ3v) is 4.05. The lowest BCUT2D eigenvalue weighted by Crippen LogP contribution is -1.89. The van der Waals surface area contributed by atoms with E-state index in [4.69, 9.17) is 0 Å². The van der Waals surface area contributed by atoms with Gasteiger partial charge in [-0.25, -0.2) is 4.98 Å². The Bertz CT molecular complexity index is 716. The lowest BCUT2D eigenvalue weighted by molar-refractivity contribution is 0.756. The lowest BCUT2D eigenvalue weighted by Gasteiger charge is -1.97. The molecule has 2 aromatic heterocycles. The van der Waals surface area contributed by atoms with Crippen molar-refractivity contribution in [1.29, 1.82) is 0 Å². The van der Waals surface area contributed by atoms with Crippen molar-refractivity contribution in [3.05, 3.63) is 34.6 Å². The molecular formula is C12H11BrN4S. The van der Waals surface area contributed by atoms with Crippen LogP contribution in [0.3, 0.4) is 0 Å². The fourth-order valence-corrected chi connectivity index (χ4v) is 3.00. The second kappa shape index (κ2) is 4.37. The van der Waals surface area contributed by atoms with Gasteiger partial charge in [-0.2, -0.15) is 5.10 Å². The zero-order valence-corrected chi connectivity index (χ0v) is 12.3. The Hall–Kier alpha value is -1.40. The highest BCUT2D eigenvalue weighted by Gasteiger charge is 2.07. The van der Waals surface area contributed by atoms with E-state index in [1.165, 1.54) is 4.70 Å². The molecule has 18 heavy (non-hydrogen) atoms. The highest BCUT2D eigenvalue weighted by atomic mass is 79.9. The molecule has 92 valence electrons. The standard InChI is InChI=1S/C12H11BrN4S/c1-7-10(6-17(2)16-7)15-12-14-9-5-8(13)3-4-11(9)18-12/h3-6H,1-2H3,(H,14,15). The van der Waals surface area contributed by atoms with Crippen LogP contribution in [0.5, 0.6) is 0 Å². The van der Waals surface area contributed by atoms with Crippen LogP contribution in [0.25, 0.3) is 10.2 Å². The van der Waals surface area contributed by atoms with Crippen LogP contribution in [-0.4, -0.2) is 14.8 Å². The van der Waals surface area contributed by atoms with E-state index in [1.807, 2.05) is 32.3 Å². The largest absolute Gasteiger partial charge is 0.329 e. The minimum absolute atomic E-state index is 0.888. The van der Waals surface area contributed by atoms with E-state index < -0.39 is 0 Å². The van der Waals surface area contributed by atoms with Crippen molar-refractivity contribution in [2.24, 2.45) is 7.05 Å². The van der Waals surface area contributed by atoms with E-state index >= 15 is 0 Å². The Morgan fingerprint density at radius 1 is 1.39 bits per heavy atom. The van der Waals surface area contributed by atoms with E-state index in [9.17, 15) is 0 Å². The van der Waals surface area contributed by atoms with E-state index in [0.717, 1.165) is 26.5 Å². The number of anilines is 2. The van der Waals surface area contributed by atoms with Crippen LogP contribution in [0.1, 0.15) is 5.69 Å². The summed E-state index contributed by atoms with van der Waals surface area (Å²) < 4.78 is 4.01. The molecule has 2 heterocycles. The minimum atomic E-state index is 0.888. The second-order valence-corrected chi connectivity index (χ2v) is 6.00. The van der Waals surface area contributed by atoms with Crippen LogP contribution >= 0.6 is 27.3 Å². The molecule has 3 rings (SSSR count). The first-order valence-corrected chi connectivity index (χ1v) is 7.06. The highest BCUT2D eigenvalue weighted by Crippen LogP contribution is 2.30. The summed E-state index contributed by atoms with van der Waals surface area (Å²) in [5.74, 6) is 0. The molecule has 3 aromatic rings. The number of nitrogens with zero attached hydrogens (tertiary/aromatic N) is 3. The van der Waals surface area contributed by atoms with Gasteiger partial charge in [0.2, 0.25) is 0 Å². The Morgan fingerprint density at radius 3 is 2.94 bits per heavy atom. The Balaban J connectivity index is 1.97. The molecule has 0 amide bonds. The van der Waals surface area contributed by atoms with E-state index in [1.54, 1.807) is 16.0 Å². The molecule has 4 nitrogen and oxygen atoms in total. The third kappa shape index (κ3) is 2.13. The van der Waals surface area contributed by atoms with E-state index in [-0.39, 0.29) is 0 Å². The van der Waals surface area contributed by atoms with Gasteiger partial charge >= 0.3 is 0 Å².